The molecule has 2 saturated heterocycles. The van der Waals surface area contributed by atoms with Crippen molar-refractivity contribution in [2.45, 2.75) is 128 Å². The van der Waals surface area contributed by atoms with E-state index < -0.39 is 52.6 Å². The molecule has 2 aliphatic heterocycles. The Morgan fingerprint density at radius 2 is 1.35 bits per heavy atom. The van der Waals surface area contributed by atoms with E-state index in [1.54, 1.807) is 7.11 Å². The lowest BCUT2D eigenvalue weighted by Crippen LogP contribution is -2.68. The largest absolute Gasteiger partial charge is 0.414 e. The zero-order valence-electron chi connectivity index (χ0n) is 23.5. The molecule has 0 aromatic carbocycles. The van der Waals surface area contributed by atoms with Gasteiger partial charge in [0.25, 0.3) is 0 Å². The summed E-state index contributed by atoms with van der Waals surface area (Å²) in [5.41, 5.74) is 8.23. The lowest BCUT2D eigenvalue weighted by Gasteiger charge is -2.51. The maximum atomic E-state index is 9.22. The number of rotatable bonds is 8. The zero-order chi connectivity index (χ0) is 26.4. The number of hydrogen-bond acceptors (Lipinski definition) is 7. The Labute approximate surface area is 208 Å². The van der Waals surface area contributed by atoms with Crippen molar-refractivity contribution < 1.29 is 27.8 Å². The van der Waals surface area contributed by atoms with Gasteiger partial charge in [-0.25, -0.2) is 0 Å². The van der Waals surface area contributed by atoms with E-state index in [-0.39, 0.29) is 23.3 Å². The molecule has 34 heavy (non-hydrogen) atoms. The van der Waals surface area contributed by atoms with Gasteiger partial charge in [-0.3, -0.25) is 0 Å². The van der Waals surface area contributed by atoms with E-state index in [2.05, 4.69) is 77.8 Å². The fourth-order valence-corrected chi connectivity index (χ4v) is 5.72. The molecule has 0 amide bonds. The van der Waals surface area contributed by atoms with Crippen LogP contribution in [0.4, 0.5) is 0 Å². The van der Waals surface area contributed by atoms with Crippen LogP contribution in [0.5, 0.6) is 0 Å². The van der Waals surface area contributed by atoms with Crippen molar-refractivity contribution in [1.82, 2.24) is 0 Å². The van der Waals surface area contributed by atoms with Crippen LogP contribution in [-0.2, 0) is 27.8 Å². The van der Waals surface area contributed by atoms with E-state index in [4.69, 9.17) is 27.8 Å². The number of fused-ring (bicyclic) bond motifs is 1. The Hall–Kier alpha value is -0.496. The lowest BCUT2D eigenvalue weighted by atomic mass is 9.87. The summed E-state index contributed by atoms with van der Waals surface area (Å²) in [7, 11) is -2.73. The van der Waals surface area contributed by atoms with Crippen LogP contribution in [0, 0.1) is 0 Å². The van der Waals surface area contributed by atoms with Gasteiger partial charge in [-0.2, -0.15) is 0 Å². The van der Waals surface area contributed by atoms with Gasteiger partial charge in [0.1, 0.15) is 23.9 Å². The van der Waals surface area contributed by atoms with Gasteiger partial charge in [0, 0.05) is 12.0 Å². The Morgan fingerprint density at radius 1 is 0.882 bits per heavy atom. The topological polar surface area (TPSA) is 104 Å². The molecular weight excluding hydrogens is 470 g/mol. The summed E-state index contributed by atoms with van der Waals surface area (Å²) in [6.45, 7) is 26.3. The highest BCUT2D eigenvalue weighted by atomic mass is 28.4. The van der Waals surface area contributed by atoms with Crippen LogP contribution < -0.4 is 0 Å². The molecule has 198 valence electrons. The molecule has 0 N–H and O–H groups in total. The van der Waals surface area contributed by atoms with Crippen LogP contribution in [0.3, 0.4) is 0 Å². The van der Waals surface area contributed by atoms with Crippen LogP contribution in [0.2, 0.25) is 36.3 Å². The average molecular weight is 518 g/mol. The van der Waals surface area contributed by atoms with E-state index in [1.165, 1.54) is 0 Å². The molecule has 0 aromatic rings. The molecule has 0 bridgehead atoms. The minimum Gasteiger partial charge on any atom is -0.414 e. The Bertz CT molecular complexity index is 742. The smallest absolute Gasteiger partial charge is 0.192 e. The predicted molar refractivity (Wildman–Crippen MR) is 138 cm³/mol. The van der Waals surface area contributed by atoms with Crippen molar-refractivity contribution in [2.75, 3.05) is 20.3 Å². The number of ether oxygens (including phenoxy) is 4. The Morgan fingerprint density at radius 3 is 1.74 bits per heavy atom. The molecular formula is C23H47N3O6Si2. The third kappa shape index (κ3) is 6.07. The number of azide groups is 1. The first kappa shape index (κ1) is 29.7. The Balaban J connectivity index is 2.54. The standard InChI is InChI=1S/C23H47N3O6Si2/c1-20(2,3)33(10,11)28-14-23(15-29-34(12,13)21(4,5)6)18-17(30-22(7,8)31-18)16(25-26-24)19(27-9)32-23/h16-19H,14-15H2,1-13H3/t16?,17-,18-,19-/m1/s1. The normalized spacial score (nSPS) is 29.4. The molecule has 2 heterocycles. The van der Waals surface area contributed by atoms with Crippen LogP contribution >= 0.6 is 0 Å². The minimum absolute atomic E-state index is 0.0170. The third-order valence-corrected chi connectivity index (χ3v) is 17.0. The number of hydrogen-bond donors (Lipinski definition) is 0. The van der Waals surface area contributed by atoms with Gasteiger partial charge >= 0.3 is 0 Å². The molecule has 0 spiro atoms. The van der Waals surface area contributed by atoms with Gasteiger partial charge in [-0.1, -0.05) is 46.7 Å². The van der Waals surface area contributed by atoms with E-state index in [0.29, 0.717) is 0 Å². The SMILES string of the molecule is CO[C@@H]1OC(CO[Si](C)(C)C(C)(C)C)(CO[Si](C)(C)C(C)(C)C)[C@@H]2OC(C)(C)O[C@@H]2C1N=[N+]=[N-]. The van der Waals surface area contributed by atoms with Crippen LogP contribution in [-0.4, -0.2) is 72.9 Å². The van der Waals surface area contributed by atoms with Gasteiger partial charge in [0.2, 0.25) is 0 Å². The molecule has 0 saturated carbocycles. The fourth-order valence-electron chi connectivity index (χ4n) is 3.65. The highest BCUT2D eigenvalue weighted by Crippen LogP contribution is 2.47. The van der Waals surface area contributed by atoms with E-state index in [0.717, 1.165) is 0 Å². The quantitative estimate of drug-likeness (QED) is 0.170. The van der Waals surface area contributed by atoms with Crippen molar-refractivity contribution in [3.05, 3.63) is 10.4 Å². The molecule has 11 heteroatoms. The second-order valence-corrected chi connectivity index (χ2v) is 22.7. The molecule has 2 fully saturated rings. The van der Waals surface area contributed by atoms with Crippen molar-refractivity contribution in [2.24, 2.45) is 5.11 Å². The van der Waals surface area contributed by atoms with Crippen molar-refractivity contribution in [3.8, 4) is 0 Å². The van der Waals surface area contributed by atoms with E-state index in [1.807, 2.05) is 13.8 Å². The van der Waals surface area contributed by atoms with Gasteiger partial charge in [0.05, 0.1) is 13.2 Å². The first-order valence-corrected chi connectivity index (χ1v) is 17.9. The minimum atomic E-state index is -2.13. The summed E-state index contributed by atoms with van der Waals surface area (Å²) in [6.07, 6.45) is -1.93. The second-order valence-electron chi connectivity index (χ2n) is 13.1. The number of nitrogens with zero attached hydrogens (tertiary/aromatic N) is 3. The summed E-state index contributed by atoms with van der Waals surface area (Å²) in [4.78, 5) is 3.03. The van der Waals surface area contributed by atoms with E-state index in [9.17, 15) is 5.53 Å². The molecule has 4 atom stereocenters. The van der Waals surface area contributed by atoms with Crippen LogP contribution in [0.1, 0.15) is 55.4 Å². The fraction of sp³-hybridized carbons (Fsp3) is 1.00. The van der Waals surface area contributed by atoms with Crippen LogP contribution in [0.25, 0.3) is 10.4 Å². The third-order valence-electron chi connectivity index (χ3n) is 8.00. The molecule has 9 nitrogen and oxygen atoms in total. The van der Waals surface area contributed by atoms with Crippen molar-refractivity contribution >= 4 is 16.6 Å². The van der Waals surface area contributed by atoms with Crippen LogP contribution in [0.15, 0.2) is 5.11 Å². The monoisotopic (exact) mass is 517 g/mol. The average Bonchev–Trinajstić information content (AvgIpc) is 3.00. The highest BCUT2D eigenvalue weighted by molar-refractivity contribution is 6.74. The van der Waals surface area contributed by atoms with E-state index >= 15 is 0 Å². The molecule has 0 radical (unpaired) electrons. The van der Waals surface area contributed by atoms with Gasteiger partial charge in [0.15, 0.2) is 28.7 Å². The maximum absolute atomic E-state index is 9.22. The molecule has 0 aliphatic carbocycles. The molecule has 2 aliphatic rings. The van der Waals surface area contributed by atoms with Gasteiger partial charge < -0.3 is 27.8 Å². The predicted octanol–water partition coefficient (Wildman–Crippen LogP) is 5.97. The van der Waals surface area contributed by atoms with Crippen molar-refractivity contribution in [1.29, 1.82) is 0 Å². The summed E-state index contributed by atoms with van der Waals surface area (Å²) in [6, 6.07) is -0.698. The van der Waals surface area contributed by atoms with Crippen molar-refractivity contribution in [3.63, 3.8) is 0 Å². The summed E-state index contributed by atoms with van der Waals surface area (Å²) < 4.78 is 38.4. The maximum Gasteiger partial charge on any atom is 0.192 e. The molecule has 1 unspecified atom stereocenters. The molecule has 2 rings (SSSR count). The summed E-state index contributed by atoms with van der Waals surface area (Å²) in [5, 5.41) is 4.00. The highest BCUT2D eigenvalue weighted by Gasteiger charge is 2.63. The lowest BCUT2D eigenvalue weighted by molar-refractivity contribution is -0.292. The van der Waals surface area contributed by atoms with Gasteiger partial charge in [-0.15, -0.1) is 0 Å². The van der Waals surface area contributed by atoms with Gasteiger partial charge in [-0.05, 0) is 55.6 Å². The number of methoxy groups -OCH3 is 1. The first-order valence-electron chi connectivity index (χ1n) is 12.1. The second kappa shape index (κ2) is 9.76. The molecule has 0 aromatic heterocycles. The zero-order valence-corrected chi connectivity index (χ0v) is 25.5. The first-order chi connectivity index (χ1) is 15.2. The summed E-state index contributed by atoms with van der Waals surface area (Å²) >= 11 is 0. The Kier molecular flexibility index (Phi) is 8.53. The summed E-state index contributed by atoms with van der Waals surface area (Å²) in [5.74, 6) is -0.885.